The number of hydrogen-bond donors (Lipinski definition) is 19. The number of carbonyl (C=O) groups excluding carboxylic acids is 4. The van der Waals surface area contributed by atoms with Gasteiger partial charge in [-0.25, -0.2) is 19.2 Å². The van der Waals surface area contributed by atoms with Gasteiger partial charge in [-0.15, -0.1) is 0 Å². The molecule has 0 unspecified atom stereocenters. The summed E-state index contributed by atoms with van der Waals surface area (Å²) in [4.78, 5) is 58.3. The molecule has 77 heavy (non-hydrogen) atoms. The van der Waals surface area contributed by atoms with Crippen LogP contribution in [0, 0.1) is 0 Å². The van der Waals surface area contributed by atoms with Crippen molar-refractivity contribution < 1.29 is 140 Å². The van der Waals surface area contributed by atoms with Crippen LogP contribution >= 0.6 is 0 Å². The van der Waals surface area contributed by atoms with Crippen LogP contribution in [-0.2, 0) is 25.4 Å². The number of aromatic hydroxyl groups is 16. The molecule has 0 aromatic heterocycles. The highest BCUT2D eigenvalue weighted by atomic mass is 16.6. The van der Waals surface area contributed by atoms with Crippen LogP contribution in [0.1, 0.15) is 70.3 Å². The lowest BCUT2D eigenvalue weighted by atomic mass is 9.87. The van der Waals surface area contributed by atoms with Crippen LogP contribution in [-0.4, -0.2) is 158 Å². The molecule has 0 aliphatic carbocycles. The number of esters is 4. The van der Waals surface area contributed by atoms with Crippen LogP contribution in [0.2, 0.25) is 0 Å². The van der Waals surface area contributed by atoms with Gasteiger partial charge < -0.3 is 121 Å². The molecule has 0 saturated carbocycles. The number of phenolic OH excluding ortho intramolecular Hbond substituents is 16. The first-order valence-corrected chi connectivity index (χ1v) is 22.0. The molecule has 6 aromatic rings. The topological polar surface area (TPSA) is 499 Å². The second-order valence-electron chi connectivity index (χ2n) is 17.5. The minimum absolute atomic E-state index is 0.0945. The van der Waals surface area contributed by atoms with Gasteiger partial charge in [-0.05, 0) is 42.0 Å². The van der Waals surface area contributed by atoms with Gasteiger partial charge in [0.2, 0.25) is 23.0 Å². The highest BCUT2D eigenvalue weighted by molar-refractivity contribution is 6.10. The Hall–Kier alpha value is -10.3. The fourth-order valence-electron chi connectivity index (χ4n) is 9.13. The summed E-state index contributed by atoms with van der Waals surface area (Å²) in [6.45, 7) is -1.50. The van der Waals surface area contributed by atoms with Crippen LogP contribution in [0.25, 0.3) is 22.3 Å². The Morgan fingerprint density at radius 1 is 0.416 bits per heavy atom. The van der Waals surface area contributed by atoms with Crippen LogP contribution in [0.5, 0.6) is 97.7 Å². The second-order valence-corrected chi connectivity index (χ2v) is 17.5. The molecule has 0 amide bonds. The second kappa shape index (κ2) is 18.6. The zero-order chi connectivity index (χ0) is 56.1. The van der Waals surface area contributed by atoms with E-state index in [-0.39, 0.29) is 5.56 Å². The zero-order valence-electron chi connectivity index (χ0n) is 38.2. The minimum Gasteiger partial charge on any atom is -0.507 e. The third-order valence-corrected chi connectivity index (χ3v) is 12.9. The summed E-state index contributed by atoms with van der Waals surface area (Å²) < 4.78 is 28.4. The molecule has 3 heterocycles. The van der Waals surface area contributed by atoms with Gasteiger partial charge in [0.05, 0.1) is 33.9 Å². The molecule has 3 aliphatic rings. The first kappa shape index (κ1) is 51.6. The molecular weight excluding hydrogens is 1040 g/mol. The summed E-state index contributed by atoms with van der Waals surface area (Å²) in [6, 6.07) is 5.09. The van der Waals surface area contributed by atoms with Gasteiger partial charge in [0, 0.05) is 40.3 Å². The fourth-order valence-corrected chi connectivity index (χ4v) is 9.13. The van der Waals surface area contributed by atoms with Gasteiger partial charge >= 0.3 is 23.9 Å². The zero-order valence-corrected chi connectivity index (χ0v) is 38.2. The smallest absolute Gasteiger partial charge is 0.339 e. The molecule has 402 valence electrons. The average molecular weight is 1070 g/mol. The molecule has 0 spiro atoms. The van der Waals surface area contributed by atoms with E-state index in [4.69, 9.17) is 23.7 Å². The Morgan fingerprint density at radius 3 is 1.30 bits per heavy atom. The SMILES string of the molecule is O=C1OC[C@@H](O)[C@H]([C@@H]2OC(=O)c3cc(O)c(O)c(O)c3-c3c(cc(O)c(O)c3O)C(=O)O[C@H]2[C@@H](O)c2c(O)cc(O)c3c2O[C@H](c2ccc(O)c(O)c2)[C@H](O)C3)OC(=O)c2cc(O)c(O)c(O)c2-c2c1cc(O)c(O)c2O. The quantitative estimate of drug-likeness (QED) is 0.0681. The van der Waals surface area contributed by atoms with Crippen molar-refractivity contribution in [1.82, 2.24) is 0 Å². The van der Waals surface area contributed by atoms with E-state index in [2.05, 4.69) is 0 Å². The number of carbonyl (C=O) groups is 4. The molecule has 0 saturated heterocycles. The molecule has 19 N–H and O–H groups in total. The van der Waals surface area contributed by atoms with E-state index in [1.54, 1.807) is 0 Å². The Morgan fingerprint density at radius 2 is 0.844 bits per heavy atom. The van der Waals surface area contributed by atoms with Crippen LogP contribution < -0.4 is 4.74 Å². The molecule has 7 atom stereocenters. The van der Waals surface area contributed by atoms with Crippen molar-refractivity contribution in [2.75, 3.05) is 6.61 Å². The Bertz CT molecular complexity index is 3550. The normalized spacial score (nSPS) is 20.7. The van der Waals surface area contributed by atoms with Crippen molar-refractivity contribution in [3.63, 3.8) is 0 Å². The van der Waals surface area contributed by atoms with Crippen LogP contribution in [0.15, 0.2) is 48.5 Å². The molecule has 28 heteroatoms. The van der Waals surface area contributed by atoms with E-state index in [9.17, 15) is 116 Å². The monoisotopic (exact) mass is 1070 g/mol. The number of rotatable bonds is 4. The molecule has 6 aromatic carbocycles. The summed E-state index contributed by atoms with van der Waals surface area (Å²) in [7, 11) is 0. The van der Waals surface area contributed by atoms with Gasteiger partial charge in [-0.1, -0.05) is 6.07 Å². The Kier molecular flexibility index (Phi) is 12.4. The van der Waals surface area contributed by atoms with E-state index in [1.165, 1.54) is 0 Å². The average Bonchev–Trinajstić information content (AvgIpc) is 3.49. The molecule has 0 bridgehead atoms. The number of phenols is 16. The summed E-state index contributed by atoms with van der Waals surface area (Å²) in [5.74, 6) is -28.9. The number of ether oxygens (including phenoxy) is 5. The minimum atomic E-state index is -2.96. The van der Waals surface area contributed by atoms with E-state index in [0.717, 1.165) is 18.2 Å². The Labute approximate surface area is 426 Å². The highest BCUT2D eigenvalue weighted by Gasteiger charge is 2.51. The highest BCUT2D eigenvalue weighted by Crippen LogP contribution is 2.56. The number of fused-ring (bicyclic) bond motifs is 7. The third kappa shape index (κ3) is 8.25. The van der Waals surface area contributed by atoms with Crippen molar-refractivity contribution in [2.45, 2.75) is 49.1 Å². The number of cyclic esters (lactones) is 4. The lowest BCUT2D eigenvalue weighted by Crippen LogP contribution is -2.54. The summed E-state index contributed by atoms with van der Waals surface area (Å²) in [5.41, 5.74) is -10.9. The number of benzene rings is 6. The van der Waals surface area contributed by atoms with Gasteiger partial charge in [0.25, 0.3) is 0 Å². The van der Waals surface area contributed by atoms with Crippen molar-refractivity contribution in [3.8, 4) is 120 Å². The lowest BCUT2D eigenvalue weighted by molar-refractivity contribution is -0.151. The fraction of sp³-hybridized carbons (Fsp3) is 0.184. The molecular formula is C49H38O28. The molecule has 0 radical (unpaired) electrons. The first-order valence-electron chi connectivity index (χ1n) is 22.0. The van der Waals surface area contributed by atoms with Crippen LogP contribution in [0.4, 0.5) is 0 Å². The van der Waals surface area contributed by atoms with Crippen molar-refractivity contribution in [3.05, 3.63) is 87.5 Å². The van der Waals surface area contributed by atoms with Gasteiger partial charge in [0.1, 0.15) is 42.2 Å². The van der Waals surface area contributed by atoms with Crippen molar-refractivity contribution >= 4 is 23.9 Å². The molecule has 3 aliphatic heterocycles. The third-order valence-electron chi connectivity index (χ3n) is 12.9. The first-order chi connectivity index (χ1) is 36.2. The van der Waals surface area contributed by atoms with E-state index in [0.29, 0.717) is 30.3 Å². The number of aliphatic hydroxyl groups excluding tert-OH is 3. The lowest BCUT2D eigenvalue weighted by Gasteiger charge is -2.39. The molecule has 28 nitrogen and oxygen atoms in total. The summed E-state index contributed by atoms with van der Waals surface area (Å²) >= 11 is 0. The van der Waals surface area contributed by atoms with Gasteiger partial charge in [-0.2, -0.15) is 0 Å². The number of hydrogen-bond acceptors (Lipinski definition) is 28. The van der Waals surface area contributed by atoms with Gasteiger partial charge in [0.15, 0.2) is 75.8 Å². The maximum absolute atomic E-state index is 14.8. The number of aliphatic hydroxyl groups is 3. The predicted octanol–water partition coefficient (Wildman–Crippen LogP) is 1.90. The standard InChI is InChI=1S/C49H38O28/c50-17-2-1-11(3-19(17)52)41-25(58)4-12-18(51)9-20(53)31(42(12)74-41)40(68)44-45(77-49(72)16-8-24(57)35(63)39(67)30(16)29-15(48(71)76-44)7-23(56)34(62)38(29)66)43-26(59)10-73-46(69)13-5-21(54)32(60)36(64)27(13)28-14(47(70)75-43)6-22(55)33(61)37(28)65/h1-3,5-9,25-26,40-41,43-45,50-68H,4,10H2/t25-,26-,40+,41-,43-,44+,45+/m1/s1. The van der Waals surface area contributed by atoms with Crippen molar-refractivity contribution in [1.29, 1.82) is 0 Å². The largest absolute Gasteiger partial charge is 0.507 e. The van der Waals surface area contributed by atoms with E-state index in [1.807, 2.05) is 0 Å². The maximum Gasteiger partial charge on any atom is 0.339 e. The maximum atomic E-state index is 14.8. The summed E-state index contributed by atoms with van der Waals surface area (Å²) in [6.07, 6.45) is -18.3. The Balaban J connectivity index is 1.31. The van der Waals surface area contributed by atoms with Crippen molar-refractivity contribution in [2.24, 2.45) is 0 Å². The molecule has 9 rings (SSSR count). The van der Waals surface area contributed by atoms with E-state index >= 15 is 0 Å². The predicted molar refractivity (Wildman–Crippen MR) is 245 cm³/mol. The molecule has 0 fully saturated rings. The van der Waals surface area contributed by atoms with Gasteiger partial charge in [-0.3, -0.25) is 0 Å². The van der Waals surface area contributed by atoms with E-state index < -0.39 is 233 Å². The summed E-state index contributed by atoms with van der Waals surface area (Å²) in [5, 5.41) is 209. The van der Waals surface area contributed by atoms with Crippen LogP contribution in [0.3, 0.4) is 0 Å².